The Balaban J connectivity index is 1.40. The molecule has 2 heterocycles. The number of rotatable bonds is 10. The number of hydrogen-bond donors (Lipinski definition) is 2. The van der Waals surface area contributed by atoms with Crippen molar-refractivity contribution in [2.24, 2.45) is 0 Å². The SMILES string of the molecule is Cc1noc(C)c1S(=O)(=O)N(Cc1ccccc1)CC(O)CN1CCC(NC(=O)c2ccc(F)cc2)C1. The van der Waals surface area contributed by atoms with Crippen LogP contribution in [0.5, 0.6) is 0 Å². The van der Waals surface area contributed by atoms with Crippen molar-refractivity contribution in [1.82, 2.24) is 19.7 Å². The third-order valence-electron chi connectivity index (χ3n) is 6.36. The van der Waals surface area contributed by atoms with Gasteiger partial charge in [-0.2, -0.15) is 4.31 Å². The highest BCUT2D eigenvalue weighted by molar-refractivity contribution is 7.89. The van der Waals surface area contributed by atoms with Crippen molar-refractivity contribution >= 4 is 15.9 Å². The first-order valence-corrected chi connectivity index (χ1v) is 13.5. The van der Waals surface area contributed by atoms with E-state index in [1.807, 2.05) is 35.2 Å². The zero-order valence-corrected chi connectivity index (χ0v) is 21.6. The number of aliphatic hydroxyl groups excluding tert-OH is 1. The summed E-state index contributed by atoms with van der Waals surface area (Å²) in [4.78, 5) is 14.5. The molecule has 0 saturated carbocycles. The van der Waals surface area contributed by atoms with Crippen LogP contribution in [0.4, 0.5) is 4.39 Å². The van der Waals surface area contributed by atoms with Crippen molar-refractivity contribution < 1.29 is 27.2 Å². The lowest BCUT2D eigenvalue weighted by Gasteiger charge is -2.27. The highest BCUT2D eigenvalue weighted by atomic mass is 32.2. The van der Waals surface area contributed by atoms with Crippen molar-refractivity contribution in [3.05, 3.63) is 83.0 Å². The van der Waals surface area contributed by atoms with E-state index in [2.05, 4.69) is 10.5 Å². The molecule has 4 rings (SSSR count). The van der Waals surface area contributed by atoms with Gasteiger partial charge in [0.05, 0.1) is 6.10 Å². The topological polar surface area (TPSA) is 116 Å². The molecule has 1 amide bonds. The molecule has 1 saturated heterocycles. The van der Waals surface area contributed by atoms with Crippen LogP contribution in [0.2, 0.25) is 0 Å². The van der Waals surface area contributed by atoms with Gasteiger partial charge in [0.1, 0.15) is 16.4 Å². The summed E-state index contributed by atoms with van der Waals surface area (Å²) < 4.78 is 46.6. The van der Waals surface area contributed by atoms with Crippen molar-refractivity contribution in [2.75, 3.05) is 26.2 Å². The van der Waals surface area contributed by atoms with E-state index in [1.165, 1.54) is 28.6 Å². The van der Waals surface area contributed by atoms with Crippen molar-refractivity contribution in [1.29, 1.82) is 0 Å². The van der Waals surface area contributed by atoms with E-state index in [-0.39, 0.29) is 47.9 Å². The van der Waals surface area contributed by atoms with E-state index < -0.39 is 21.9 Å². The number of likely N-dealkylation sites (tertiary alicyclic amines) is 1. The second-order valence-corrected chi connectivity index (χ2v) is 11.2. The molecule has 37 heavy (non-hydrogen) atoms. The predicted octanol–water partition coefficient (Wildman–Crippen LogP) is 2.49. The number of β-amino-alcohol motifs (C(OH)–C–C–N with tert-alkyl or cyclic N) is 1. The summed E-state index contributed by atoms with van der Waals surface area (Å²) in [7, 11) is -3.99. The Bertz CT molecular complexity index is 1290. The van der Waals surface area contributed by atoms with Crippen LogP contribution in [-0.4, -0.2) is 72.1 Å². The molecular formula is C26H31FN4O5S. The smallest absolute Gasteiger partial charge is 0.251 e. The lowest BCUT2D eigenvalue weighted by Crippen LogP contribution is -2.43. The Morgan fingerprint density at radius 1 is 1.22 bits per heavy atom. The maximum atomic E-state index is 13.6. The molecule has 1 aliphatic heterocycles. The van der Waals surface area contributed by atoms with Crippen LogP contribution in [-0.2, 0) is 16.6 Å². The molecule has 2 unspecified atom stereocenters. The second-order valence-electron chi connectivity index (χ2n) is 9.32. The number of nitrogens with zero attached hydrogens (tertiary/aromatic N) is 3. The number of aryl methyl sites for hydroxylation is 2. The zero-order chi connectivity index (χ0) is 26.6. The van der Waals surface area contributed by atoms with Crippen molar-refractivity contribution in [3.8, 4) is 0 Å². The molecule has 1 aromatic heterocycles. The highest BCUT2D eigenvalue weighted by Crippen LogP contribution is 2.25. The van der Waals surface area contributed by atoms with Gasteiger partial charge in [-0.25, -0.2) is 12.8 Å². The molecule has 3 aromatic rings. The summed E-state index contributed by atoms with van der Waals surface area (Å²) in [5.41, 5.74) is 1.43. The summed E-state index contributed by atoms with van der Waals surface area (Å²) in [6, 6.07) is 14.4. The Labute approximate surface area is 215 Å². The van der Waals surface area contributed by atoms with Gasteiger partial charge < -0.3 is 14.9 Å². The monoisotopic (exact) mass is 530 g/mol. The van der Waals surface area contributed by atoms with Gasteiger partial charge in [0.25, 0.3) is 5.91 Å². The fourth-order valence-electron chi connectivity index (χ4n) is 4.58. The molecule has 9 nitrogen and oxygen atoms in total. The van der Waals surface area contributed by atoms with Gasteiger partial charge in [-0.05, 0) is 50.1 Å². The summed E-state index contributed by atoms with van der Waals surface area (Å²) in [6.07, 6.45) is -0.282. The molecule has 0 spiro atoms. The van der Waals surface area contributed by atoms with E-state index >= 15 is 0 Å². The maximum absolute atomic E-state index is 13.6. The number of hydrogen-bond acceptors (Lipinski definition) is 7. The first kappa shape index (κ1) is 26.9. The van der Waals surface area contributed by atoms with E-state index in [0.29, 0.717) is 25.1 Å². The third kappa shape index (κ3) is 6.61. The molecule has 0 radical (unpaired) electrons. The van der Waals surface area contributed by atoms with Gasteiger partial charge in [-0.15, -0.1) is 0 Å². The molecule has 198 valence electrons. The Hall–Kier alpha value is -3.12. The fourth-order valence-corrected chi connectivity index (χ4v) is 6.34. The molecule has 1 aliphatic rings. The summed E-state index contributed by atoms with van der Waals surface area (Å²) in [5, 5.41) is 17.6. The zero-order valence-electron chi connectivity index (χ0n) is 20.8. The maximum Gasteiger partial charge on any atom is 0.251 e. The molecule has 1 fully saturated rings. The first-order valence-electron chi connectivity index (χ1n) is 12.1. The minimum Gasteiger partial charge on any atom is -0.390 e. The minimum absolute atomic E-state index is 0.0142. The number of amides is 1. The van der Waals surface area contributed by atoms with Crippen LogP contribution in [0.25, 0.3) is 0 Å². The second kappa shape index (κ2) is 11.5. The summed E-state index contributed by atoms with van der Waals surface area (Å²) in [6.45, 7) is 4.48. The van der Waals surface area contributed by atoms with Crippen molar-refractivity contribution in [3.63, 3.8) is 0 Å². The van der Waals surface area contributed by atoms with Gasteiger partial charge >= 0.3 is 0 Å². The van der Waals surface area contributed by atoms with Gasteiger partial charge in [-0.3, -0.25) is 9.69 Å². The predicted molar refractivity (Wildman–Crippen MR) is 135 cm³/mol. The Kier molecular flexibility index (Phi) is 8.38. The minimum atomic E-state index is -3.99. The molecule has 0 aliphatic carbocycles. The normalized spacial score (nSPS) is 17.3. The number of benzene rings is 2. The van der Waals surface area contributed by atoms with E-state index in [4.69, 9.17) is 4.52 Å². The molecule has 2 aromatic carbocycles. The van der Waals surface area contributed by atoms with Crippen LogP contribution in [0.15, 0.2) is 64.0 Å². The summed E-state index contributed by atoms with van der Waals surface area (Å²) >= 11 is 0. The van der Waals surface area contributed by atoms with Crippen LogP contribution in [0, 0.1) is 19.7 Å². The van der Waals surface area contributed by atoms with Gasteiger partial charge in [0, 0.05) is 44.3 Å². The fraction of sp³-hybridized carbons (Fsp3) is 0.385. The number of aromatic nitrogens is 1. The Morgan fingerprint density at radius 3 is 2.57 bits per heavy atom. The van der Waals surface area contributed by atoms with E-state index in [1.54, 1.807) is 13.8 Å². The van der Waals surface area contributed by atoms with Gasteiger partial charge in [-0.1, -0.05) is 35.5 Å². The molecule has 0 bridgehead atoms. The number of sulfonamides is 1. The van der Waals surface area contributed by atoms with E-state index in [0.717, 1.165) is 5.56 Å². The highest BCUT2D eigenvalue weighted by Gasteiger charge is 2.33. The van der Waals surface area contributed by atoms with Crippen LogP contribution >= 0.6 is 0 Å². The number of carbonyl (C=O) groups is 1. The van der Waals surface area contributed by atoms with Crippen LogP contribution < -0.4 is 5.32 Å². The third-order valence-corrected chi connectivity index (χ3v) is 8.42. The van der Waals surface area contributed by atoms with Gasteiger partial charge in [0.15, 0.2) is 5.76 Å². The summed E-state index contributed by atoms with van der Waals surface area (Å²) in [5.74, 6) is -0.494. The quantitative estimate of drug-likeness (QED) is 0.414. The first-order chi connectivity index (χ1) is 17.6. The number of aliphatic hydroxyl groups is 1. The molecule has 2 N–H and O–H groups in total. The van der Waals surface area contributed by atoms with Gasteiger partial charge in [0.2, 0.25) is 10.0 Å². The molecule has 11 heteroatoms. The lowest BCUT2D eigenvalue weighted by molar-refractivity contribution is 0.0925. The largest absolute Gasteiger partial charge is 0.390 e. The van der Waals surface area contributed by atoms with Crippen LogP contribution in [0.1, 0.15) is 33.8 Å². The van der Waals surface area contributed by atoms with Crippen LogP contribution in [0.3, 0.4) is 0 Å². The Morgan fingerprint density at radius 2 is 1.92 bits per heavy atom. The number of carbonyl (C=O) groups excluding carboxylic acids is 1. The average Bonchev–Trinajstić information content (AvgIpc) is 3.44. The molecule has 2 atom stereocenters. The number of halogens is 1. The van der Waals surface area contributed by atoms with E-state index in [9.17, 15) is 22.7 Å². The average molecular weight is 531 g/mol. The lowest BCUT2D eigenvalue weighted by atomic mass is 10.2. The van der Waals surface area contributed by atoms with Crippen molar-refractivity contribution in [2.45, 2.75) is 43.9 Å². The molecular weight excluding hydrogens is 499 g/mol. The number of nitrogens with one attached hydrogen (secondary N) is 1. The standard InChI is InChI=1S/C26H31FN4O5S/c1-18-25(19(2)36-29-18)37(34,35)31(14-20-6-4-3-5-7-20)17-24(32)16-30-13-12-23(15-30)28-26(33)21-8-10-22(27)11-9-21/h3-11,23-24,32H,12-17H2,1-2H3,(H,28,33).